The lowest BCUT2D eigenvalue weighted by atomic mass is 9.81. The maximum Gasteiger partial charge on any atom is 0.490 e. The van der Waals surface area contributed by atoms with Gasteiger partial charge in [-0.25, -0.2) is 4.79 Å². The highest BCUT2D eigenvalue weighted by Crippen LogP contribution is 2.33. The van der Waals surface area contributed by atoms with Gasteiger partial charge in [0.05, 0.1) is 0 Å². The lowest BCUT2D eigenvalue weighted by Crippen LogP contribution is -2.54. The summed E-state index contributed by atoms with van der Waals surface area (Å²) in [7, 11) is 0. The van der Waals surface area contributed by atoms with Crippen LogP contribution in [0.5, 0.6) is 0 Å². The number of hydrogen-bond donors (Lipinski definition) is 2. The van der Waals surface area contributed by atoms with E-state index < -0.39 is 12.1 Å². The van der Waals surface area contributed by atoms with Crippen molar-refractivity contribution in [2.75, 3.05) is 26.2 Å². The summed E-state index contributed by atoms with van der Waals surface area (Å²) < 4.78 is 31.7. The van der Waals surface area contributed by atoms with Gasteiger partial charge in [-0.1, -0.05) is 0 Å². The average Bonchev–Trinajstić information content (AvgIpc) is 2.60. The highest BCUT2D eigenvalue weighted by Gasteiger charge is 2.43. The van der Waals surface area contributed by atoms with Gasteiger partial charge in [-0.05, 0) is 6.42 Å². The Balaban J connectivity index is 0.000000203. The number of likely N-dealkylation sites (tertiary alicyclic amines) is 1. The molecule has 2 N–H and O–H groups in total. The van der Waals surface area contributed by atoms with Crippen LogP contribution in [0.3, 0.4) is 0 Å². The lowest BCUT2D eigenvalue weighted by Gasteiger charge is -2.38. The van der Waals surface area contributed by atoms with Crippen LogP contribution in [0.2, 0.25) is 0 Å². The molecule has 0 radical (unpaired) electrons. The first kappa shape index (κ1) is 14.7. The highest BCUT2D eigenvalue weighted by atomic mass is 19.4. The Labute approximate surface area is 102 Å². The molecule has 1 amide bonds. The molecule has 0 aromatic rings. The van der Waals surface area contributed by atoms with E-state index >= 15 is 0 Å². The van der Waals surface area contributed by atoms with Crippen LogP contribution in [-0.4, -0.2) is 54.2 Å². The summed E-state index contributed by atoms with van der Waals surface area (Å²) in [6, 6.07) is 0. The minimum Gasteiger partial charge on any atom is -0.475 e. The monoisotopic (exact) mass is 268 g/mol. The Kier molecular flexibility index (Phi) is 4.20. The number of hydrogen-bond acceptors (Lipinski definition) is 3. The SMILES string of the molecule is CC(=O)N1CCC2(CNC2)C1.O=C(O)C(F)(F)F. The van der Waals surface area contributed by atoms with Crippen LogP contribution in [0.1, 0.15) is 13.3 Å². The van der Waals surface area contributed by atoms with Crippen molar-refractivity contribution in [3.05, 3.63) is 0 Å². The fourth-order valence-corrected chi connectivity index (χ4v) is 1.97. The Bertz CT molecular complexity index is 340. The number of halogens is 3. The first-order valence-corrected chi connectivity index (χ1v) is 5.43. The second-order valence-electron chi connectivity index (χ2n) is 4.60. The zero-order valence-corrected chi connectivity index (χ0v) is 9.88. The van der Waals surface area contributed by atoms with Gasteiger partial charge in [0, 0.05) is 38.5 Å². The summed E-state index contributed by atoms with van der Waals surface area (Å²) >= 11 is 0. The normalized spacial score (nSPS) is 21.0. The van der Waals surface area contributed by atoms with Crippen LogP contribution >= 0.6 is 0 Å². The zero-order chi connectivity index (χ0) is 14.0. The highest BCUT2D eigenvalue weighted by molar-refractivity contribution is 5.73. The van der Waals surface area contributed by atoms with E-state index in [4.69, 9.17) is 9.90 Å². The second-order valence-corrected chi connectivity index (χ2v) is 4.60. The van der Waals surface area contributed by atoms with E-state index in [0.29, 0.717) is 5.41 Å². The van der Waals surface area contributed by atoms with E-state index in [1.54, 1.807) is 6.92 Å². The van der Waals surface area contributed by atoms with Crippen molar-refractivity contribution in [3.8, 4) is 0 Å². The van der Waals surface area contributed by atoms with E-state index in [2.05, 4.69) is 5.32 Å². The summed E-state index contributed by atoms with van der Waals surface area (Å²) in [5.74, 6) is -2.53. The van der Waals surface area contributed by atoms with Gasteiger partial charge in [0.2, 0.25) is 5.91 Å². The molecule has 0 saturated carbocycles. The number of carboxylic acid groups (broad SMARTS) is 1. The fourth-order valence-electron chi connectivity index (χ4n) is 1.97. The summed E-state index contributed by atoms with van der Waals surface area (Å²) in [5.41, 5.74) is 0.464. The molecule has 2 fully saturated rings. The summed E-state index contributed by atoms with van der Waals surface area (Å²) in [6.45, 7) is 5.82. The second kappa shape index (κ2) is 5.13. The molecule has 2 aliphatic rings. The molecule has 2 heterocycles. The van der Waals surface area contributed by atoms with Crippen LogP contribution < -0.4 is 5.32 Å². The number of amides is 1. The van der Waals surface area contributed by atoms with Crippen molar-refractivity contribution in [1.29, 1.82) is 0 Å². The lowest BCUT2D eigenvalue weighted by molar-refractivity contribution is -0.192. The predicted octanol–water partition coefficient (Wildman–Crippen LogP) is 0.462. The van der Waals surface area contributed by atoms with Gasteiger partial charge in [-0.15, -0.1) is 0 Å². The van der Waals surface area contributed by atoms with Crippen LogP contribution in [0.25, 0.3) is 0 Å². The molecule has 0 atom stereocenters. The number of aliphatic carboxylic acids is 1. The first-order valence-electron chi connectivity index (χ1n) is 5.43. The molecule has 1 spiro atoms. The number of rotatable bonds is 0. The maximum absolute atomic E-state index is 11.0. The Morgan fingerprint density at radius 3 is 2.00 bits per heavy atom. The van der Waals surface area contributed by atoms with Crippen molar-refractivity contribution in [2.24, 2.45) is 5.41 Å². The molecular weight excluding hydrogens is 253 g/mol. The van der Waals surface area contributed by atoms with Crippen LogP contribution in [0.4, 0.5) is 13.2 Å². The largest absolute Gasteiger partial charge is 0.490 e. The number of carbonyl (C=O) groups is 2. The van der Waals surface area contributed by atoms with E-state index in [-0.39, 0.29) is 5.91 Å². The number of carbonyl (C=O) groups excluding carboxylic acids is 1. The molecule has 0 bridgehead atoms. The third-order valence-corrected chi connectivity index (χ3v) is 3.13. The molecule has 18 heavy (non-hydrogen) atoms. The number of carboxylic acids is 1. The van der Waals surface area contributed by atoms with E-state index in [1.165, 1.54) is 6.42 Å². The predicted molar refractivity (Wildman–Crippen MR) is 55.9 cm³/mol. The smallest absolute Gasteiger partial charge is 0.475 e. The fraction of sp³-hybridized carbons (Fsp3) is 0.800. The molecule has 0 aromatic carbocycles. The van der Waals surface area contributed by atoms with Gasteiger partial charge in [-0.2, -0.15) is 13.2 Å². The summed E-state index contributed by atoms with van der Waals surface area (Å²) in [4.78, 5) is 21.8. The molecule has 104 valence electrons. The van der Waals surface area contributed by atoms with Crippen molar-refractivity contribution >= 4 is 11.9 Å². The number of nitrogens with zero attached hydrogens (tertiary/aromatic N) is 1. The quantitative estimate of drug-likeness (QED) is 0.669. The van der Waals surface area contributed by atoms with Crippen molar-refractivity contribution < 1.29 is 27.9 Å². The zero-order valence-electron chi connectivity index (χ0n) is 9.88. The van der Waals surface area contributed by atoms with Crippen LogP contribution in [0.15, 0.2) is 0 Å². The molecule has 2 rings (SSSR count). The molecule has 2 saturated heterocycles. The van der Waals surface area contributed by atoms with Crippen LogP contribution in [0, 0.1) is 5.41 Å². The molecule has 8 heteroatoms. The van der Waals surface area contributed by atoms with E-state index in [9.17, 15) is 18.0 Å². The molecule has 2 aliphatic heterocycles. The van der Waals surface area contributed by atoms with Gasteiger partial charge in [-0.3, -0.25) is 4.79 Å². The number of nitrogens with one attached hydrogen (secondary N) is 1. The maximum atomic E-state index is 11.0. The van der Waals surface area contributed by atoms with Gasteiger partial charge >= 0.3 is 12.1 Å². The van der Waals surface area contributed by atoms with Crippen molar-refractivity contribution in [2.45, 2.75) is 19.5 Å². The van der Waals surface area contributed by atoms with Gasteiger partial charge in [0.15, 0.2) is 0 Å². The minimum absolute atomic E-state index is 0.230. The van der Waals surface area contributed by atoms with Crippen molar-refractivity contribution in [1.82, 2.24) is 10.2 Å². The molecule has 0 unspecified atom stereocenters. The average molecular weight is 268 g/mol. The molecule has 0 aliphatic carbocycles. The third kappa shape index (κ3) is 3.59. The first-order chi connectivity index (χ1) is 8.16. The standard InChI is InChI=1S/C8H14N2O.C2HF3O2/c1-7(11)10-3-2-8(6-10)4-9-5-8;3-2(4,5)1(6)7/h9H,2-6H2,1H3;(H,6,7). The molecule has 5 nitrogen and oxygen atoms in total. The number of alkyl halides is 3. The van der Waals surface area contributed by atoms with Crippen molar-refractivity contribution in [3.63, 3.8) is 0 Å². The summed E-state index contributed by atoms with van der Waals surface area (Å²) in [6.07, 6.45) is -3.89. The summed E-state index contributed by atoms with van der Waals surface area (Å²) in [5, 5.41) is 10.4. The van der Waals surface area contributed by atoms with Crippen LogP contribution in [-0.2, 0) is 9.59 Å². The Morgan fingerprint density at radius 2 is 1.83 bits per heavy atom. The van der Waals surface area contributed by atoms with Gasteiger partial charge in [0.1, 0.15) is 0 Å². The van der Waals surface area contributed by atoms with Gasteiger partial charge in [0.25, 0.3) is 0 Å². The Hall–Kier alpha value is -1.31. The Morgan fingerprint density at radius 1 is 1.33 bits per heavy atom. The van der Waals surface area contributed by atoms with Gasteiger partial charge < -0.3 is 15.3 Å². The van der Waals surface area contributed by atoms with E-state index in [0.717, 1.165) is 26.2 Å². The van der Waals surface area contributed by atoms with E-state index in [1.807, 2.05) is 4.90 Å². The molecule has 0 aromatic heterocycles. The minimum atomic E-state index is -5.08. The topological polar surface area (TPSA) is 69.6 Å². The third-order valence-electron chi connectivity index (χ3n) is 3.13. The molecular formula is C10H15F3N2O3.